The smallest absolute Gasteiger partial charge is 0.150 e. The van der Waals surface area contributed by atoms with Gasteiger partial charge in [0.1, 0.15) is 17.7 Å². The minimum Gasteiger partial charge on any atom is -0.192 e. The van der Waals surface area contributed by atoms with Crippen molar-refractivity contribution in [2.45, 2.75) is 16.7 Å². The van der Waals surface area contributed by atoms with Crippen LogP contribution in [0.15, 0.2) is 37.8 Å². The molecule has 1 heterocycles. The van der Waals surface area contributed by atoms with E-state index in [2.05, 4.69) is 6.07 Å². The third kappa shape index (κ3) is 1.87. The van der Waals surface area contributed by atoms with Gasteiger partial charge in [-0.15, -0.1) is 0 Å². The average Bonchev–Trinajstić information content (AvgIpc) is 2.62. The minimum absolute atomic E-state index is 0.207. The number of aryl methyl sites for hydroxylation is 1. The molecule has 0 spiro atoms. The number of benzene rings is 1. The van der Waals surface area contributed by atoms with Gasteiger partial charge in [-0.05, 0) is 24.6 Å². The Labute approximate surface area is 96.6 Å². The molecule has 15 heavy (non-hydrogen) atoms. The van der Waals surface area contributed by atoms with Crippen molar-refractivity contribution in [2.75, 3.05) is 0 Å². The Kier molecular flexibility index (Phi) is 2.73. The van der Waals surface area contributed by atoms with Crippen LogP contribution in [0.5, 0.6) is 0 Å². The molecular formula is C11H6N2S2. The van der Waals surface area contributed by atoms with Crippen molar-refractivity contribution >= 4 is 23.5 Å². The van der Waals surface area contributed by atoms with E-state index in [1.54, 1.807) is 0 Å². The first kappa shape index (κ1) is 10.2. The zero-order chi connectivity index (χ0) is 10.8. The fourth-order valence-corrected chi connectivity index (χ4v) is 3.67. The predicted octanol–water partition coefficient (Wildman–Crippen LogP) is 3.45. The number of fused-ring (bicyclic) bond motifs is 1. The summed E-state index contributed by atoms with van der Waals surface area (Å²) in [6.45, 7) is 2.03. The van der Waals surface area contributed by atoms with E-state index in [4.69, 9.17) is 10.5 Å². The van der Waals surface area contributed by atoms with Gasteiger partial charge in [-0.3, -0.25) is 0 Å². The van der Waals surface area contributed by atoms with E-state index >= 15 is 0 Å². The SMILES string of the molecule is Cc1ccc2c(c1)SC(=C(C#N)C#N)S2. The van der Waals surface area contributed by atoms with E-state index in [1.807, 2.05) is 31.2 Å². The van der Waals surface area contributed by atoms with Gasteiger partial charge in [0.15, 0.2) is 0 Å². The Morgan fingerprint density at radius 2 is 1.80 bits per heavy atom. The summed E-state index contributed by atoms with van der Waals surface area (Å²) in [5.74, 6) is 0. The molecule has 0 N–H and O–H groups in total. The molecule has 1 aromatic carbocycles. The topological polar surface area (TPSA) is 47.6 Å². The van der Waals surface area contributed by atoms with Crippen LogP contribution in [-0.2, 0) is 0 Å². The van der Waals surface area contributed by atoms with E-state index in [-0.39, 0.29) is 5.57 Å². The first-order chi connectivity index (χ1) is 7.24. The molecule has 2 rings (SSSR count). The molecule has 1 aliphatic heterocycles. The van der Waals surface area contributed by atoms with Gasteiger partial charge in [0.25, 0.3) is 0 Å². The third-order valence-electron chi connectivity index (χ3n) is 1.93. The standard InChI is InChI=1S/C11H6N2S2/c1-7-2-3-9-10(4-7)15-11(14-9)8(5-12)6-13/h2-4H,1H3. The minimum atomic E-state index is 0.207. The summed E-state index contributed by atoms with van der Waals surface area (Å²) in [5, 5.41) is 17.5. The number of thioether (sulfide) groups is 2. The van der Waals surface area contributed by atoms with Gasteiger partial charge in [-0.2, -0.15) is 10.5 Å². The van der Waals surface area contributed by atoms with Crippen molar-refractivity contribution in [1.29, 1.82) is 10.5 Å². The molecule has 0 aliphatic carbocycles. The highest BCUT2D eigenvalue weighted by Crippen LogP contribution is 2.52. The van der Waals surface area contributed by atoms with Gasteiger partial charge < -0.3 is 0 Å². The number of hydrogen-bond acceptors (Lipinski definition) is 4. The first-order valence-corrected chi connectivity index (χ1v) is 5.88. The van der Waals surface area contributed by atoms with Crippen molar-refractivity contribution < 1.29 is 0 Å². The number of allylic oxidation sites excluding steroid dienone is 1. The summed E-state index contributed by atoms with van der Waals surface area (Å²) < 4.78 is 0.792. The van der Waals surface area contributed by atoms with Gasteiger partial charge in [0, 0.05) is 9.79 Å². The number of nitriles is 2. The van der Waals surface area contributed by atoms with Crippen LogP contribution in [-0.4, -0.2) is 0 Å². The van der Waals surface area contributed by atoms with E-state index < -0.39 is 0 Å². The summed E-state index contributed by atoms with van der Waals surface area (Å²) in [6.07, 6.45) is 0. The van der Waals surface area contributed by atoms with Gasteiger partial charge in [0.05, 0.1) is 4.24 Å². The number of nitrogens with zero attached hydrogens (tertiary/aromatic N) is 2. The van der Waals surface area contributed by atoms with Crippen molar-refractivity contribution in [2.24, 2.45) is 0 Å². The lowest BCUT2D eigenvalue weighted by Crippen LogP contribution is -1.73. The molecule has 0 bridgehead atoms. The third-order valence-corrected chi connectivity index (χ3v) is 4.47. The second-order valence-corrected chi connectivity index (χ2v) is 5.40. The van der Waals surface area contributed by atoms with Crippen LogP contribution < -0.4 is 0 Å². The lowest BCUT2D eigenvalue weighted by molar-refractivity contribution is 1.23. The average molecular weight is 230 g/mol. The highest BCUT2D eigenvalue weighted by molar-refractivity contribution is 8.24. The van der Waals surface area contributed by atoms with Gasteiger partial charge in [-0.1, -0.05) is 29.6 Å². The molecule has 2 nitrogen and oxygen atoms in total. The van der Waals surface area contributed by atoms with E-state index in [1.165, 1.54) is 29.1 Å². The molecule has 72 valence electrons. The number of hydrogen-bond donors (Lipinski definition) is 0. The molecule has 0 fully saturated rings. The first-order valence-electron chi connectivity index (χ1n) is 4.25. The Morgan fingerprint density at radius 1 is 1.13 bits per heavy atom. The molecule has 0 aromatic heterocycles. The monoisotopic (exact) mass is 230 g/mol. The highest BCUT2D eigenvalue weighted by atomic mass is 32.2. The Morgan fingerprint density at radius 3 is 2.47 bits per heavy atom. The zero-order valence-electron chi connectivity index (χ0n) is 7.94. The molecule has 0 radical (unpaired) electrons. The fourth-order valence-electron chi connectivity index (χ4n) is 1.22. The number of rotatable bonds is 0. The van der Waals surface area contributed by atoms with Crippen molar-refractivity contribution in [3.05, 3.63) is 33.6 Å². The molecule has 4 heteroatoms. The second-order valence-electron chi connectivity index (χ2n) is 3.04. The van der Waals surface area contributed by atoms with Crippen molar-refractivity contribution in [3.8, 4) is 12.1 Å². The van der Waals surface area contributed by atoms with Crippen LogP contribution in [0.4, 0.5) is 0 Å². The van der Waals surface area contributed by atoms with E-state index in [0.717, 1.165) is 14.0 Å². The van der Waals surface area contributed by atoms with Crippen LogP contribution in [0.1, 0.15) is 5.56 Å². The highest BCUT2D eigenvalue weighted by Gasteiger charge is 2.20. The molecular weight excluding hydrogens is 224 g/mol. The van der Waals surface area contributed by atoms with Crippen LogP contribution in [0.2, 0.25) is 0 Å². The molecule has 0 unspecified atom stereocenters. The van der Waals surface area contributed by atoms with Crippen LogP contribution in [0.3, 0.4) is 0 Å². The van der Waals surface area contributed by atoms with Gasteiger partial charge in [-0.25, -0.2) is 0 Å². The van der Waals surface area contributed by atoms with Crippen LogP contribution in [0.25, 0.3) is 0 Å². The zero-order valence-corrected chi connectivity index (χ0v) is 9.58. The summed E-state index contributed by atoms with van der Waals surface area (Å²) >= 11 is 3.00. The lowest BCUT2D eigenvalue weighted by Gasteiger charge is -1.95. The summed E-state index contributed by atoms with van der Waals surface area (Å²) in [5.41, 5.74) is 1.40. The molecule has 1 aliphatic rings. The second kappa shape index (κ2) is 4.02. The normalized spacial score (nSPS) is 12.9. The van der Waals surface area contributed by atoms with Crippen LogP contribution >= 0.6 is 23.5 Å². The maximum atomic E-state index is 8.76. The predicted molar refractivity (Wildman–Crippen MR) is 61.1 cm³/mol. The molecule has 0 saturated heterocycles. The molecule has 0 amide bonds. The van der Waals surface area contributed by atoms with Gasteiger partial charge >= 0.3 is 0 Å². The Bertz CT molecular complexity index is 516. The lowest BCUT2D eigenvalue weighted by atomic mass is 10.2. The van der Waals surface area contributed by atoms with Crippen molar-refractivity contribution in [1.82, 2.24) is 0 Å². The molecule has 0 saturated carbocycles. The summed E-state index contributed by atoms with van der Waals surface area (Å²) in [7, 11) is 0. The van der Waals surface area contributed by atoms with Gasteiger partial charge in [0.2, 0.25) is 0 Å². The van der Waals surface area contributed by atoms with Crippen molar-refractivity contribution in [3.63, 3.8) is 0 Å². The largest absolute Gasteiger partial charge is 0.192 e. The maximum Gasteiger partial charge on any atom is 0.150 e. The quantitative estimate of drug-likeness (QED) is 0.640. The summed E-state index contributed by atoms with van der Waals surface area (Å²) in [6, 6.07) is 9.98. The fraction of sp³-hybridized carbons (Fsp3) is 0.0909. The Hall–Kier alpha value is -1.36. The van der Waals surface area contributed by atoms with E-state index in [0.29, 0.717) is 0 Å². The molecule has 0 atom stereocenters. The van der Waals surface area contributed by atoms with Crippen LogP contribution in [0, 0.1) is 29.6 Å². The molecule has 1 aromatic rings. The Balaban J connectivity index is 2.44. The maximum absolute atomic E-state index is 8.76. The van der Waals surface area contributed by atoms with E-state index in [9.17, 15) is 0 Å². The summed E-state index contributed by atoms with van der Waals surface area (Å²) in [4.78, 5) is 2.27.